The van der Waals surface area contributed by atoms with Crippen LogP contribution in [0, 0.1) is 0 Å². The van der Waals surface area contributed by atoms with Crippen molar-refractivity contribution in [3.63, 3.8) is 0 Å². The number of anilines is 1. The zero-order valence-electron chi connectivity index (χ0n) is 12.3. The van der Waals surface area contributed by atoms with Gasteiger partial charge in [0.05, 0.1) is 6.04 Å². The molecule has 0 bridgehead atoms. The lowest BCUT2D eigenvalue weighted by atomic mass is 10.0. The van der Waals surface area contributed by atoms with E-state index >= 15 is 0 Å². The number of hydrogen-bond donors (Lipinski definition) is 1. The molecule has 0 aliphatic heterocycles. The third-order valence-electron chi connectivity index (χ3n) is 3.47. The third kappa shape index (κ3) is 3.40. The minimum Gasteiger partial charge on any atom is -0.424 e. The topological polar surface area (TPSA) is 47.3 Å². The molecule has 1 atom stereocenters. The molecular weight excluding hydrogens is 300 g/mol. The van der Waals surface area contributed by atoms with Crippen molar-refractivity contribution in [1.29, 1.82) is 0 Å². The van der Waals surface area contributed by atoms with E-state index in [1.54, 1.807) is 7.11 Å². The van der Waals surface area contributed by atoms with Gasteiger partial charge in [-0.2, -0.15) is 4.98 Å². The van der Waals surface area contributed by atoms with Crippen molar-refractivity contribution in [2.45, 2.75) is 12.5 Å². The molecule has 0 aliphatic rings. The van der Waals surface area contributed by atoms with Crippen LogP contribution in [0.4, 0.5) is 6.01 Å². The molecule has 5 heteroatoms. The Morgan fingerprint density at radius 1 is 1.18 bits per heavy atom. The second kappa shape index (κ2) is 6.81. The molecule has 2 aromatic carbocycles. The molecule has 0 saturated carbocycles. The number of benzene rings is 2. The minimum atomic E-state index is 0.0466. The normalized spacial score (nSPS) is 12.5. The van der Waals surface area contributed by atoms with E-state index in [2.05, 4.69) is 10.3 Å². The quantitative estimate of drug-likeness (QED) is 0.718. The van der Waals surface area contributed by atoms with Crippen molar-refractivity contribution in [3.05, 3.63) is 59.1 Å². The van der Waals surface area contributed by atoms with E-state index in [9.17, 15) is 0 Å². The molecule has 1 heterocycles. The molecule has 1 unspecified atom stereocenters. The number of para-hydroxylation sites is 2. The Hall–Kier alpha value is -2.04. The number of rotatable bonds is 6. The van der Waals surface area contributed by atoms with Gasteiger partial charge in [0.25, 0.3) is 6.01 Å². The highest BCUT2D eigenvalue weighted by atomic mass is 35.5. The lowest BCUT2D eigenvalue weighted by Crippen LogP contribution is -2.13. The Kier molecular flexibility index (Phi) is 4.61. The molecular formula is C17H17ClN2O2. The Morgan fingerprint density at radius 2 is 1.95 bits per heavy atom. The Morgan fingerprint density at radius 3 is 2.68 bits per heavy atom. The van der Waals surface area contributed by atoms with Gasteiger partial charge in [0.15, 0.2) is 5.58 Å². The largest absolute Gasteiger partial charge is 0.424 e. The van der Waals surface area contributed by atoms with Crippen LogP contribution in [0.2, 0.25) is 5.02 Å². The number of fused-ring (bicyclic) bond motifs is 1. The van der Waals surface area contributed by atoms with Gasteiger partial charge in [0.1, 0.15) is 5.52 Å². The van der Waals surface area contributed by atoms with Crippen molar-refractivity contribution in [2.24, 2.45) is 0 Å². The smallest absolute Gasteiger partial charge is 0.296 e. The average Bonchev–Trinajstić information content (AvgIpc) is 2.94. The fraction of sp³-hybridized carbons (Fsp3) is 0.235. The number of hydrogen-bond acceptors (Lipinski definition) is 4. The Bertz CT molecular complexity index is 707. The van der Waals surface area contributed by atoms with Crippen LogP contribution in [-0.4, -0.2) is 18.7 Å². The summed E-state index contributed by atoms with van der Waals surface area (Å²) >= 11 is 5.96. The molecule has 0 spiro atoms. The zero-order chi connectivity index (χ0) is 15.4. The van der Waals surface area contributed by atoms with Gasteiger partial charge < -0.3 is 14.5 Å². The van der Waals surface area contributed by atoms with E-state index in [0.717, 1.165) is 28.1 Å². The van der Waals surface area contributed by atoms with Gasteiger partial charge in [-0.1, -0.05) is 35.9 Å². The number of aromatic nitrogens is 1. The molecule has 0 amide bonds. The van der Waals surface area contributed by atoms with Crippen molar-refractivity contribution in [3.8, 4) is 0 Å². The van der Waals surface area contributed by atoms with Crippen molar-refractivity contribution in [2.75, 3.05) is 19.0 Å². The maximum absolute atomic E-state index is 5.96. The standard InChI is InChI=1S/C17H17ClN2O2/c1-21-11-10-14(12-6-8-13(18)9-7-12)19-17-20-15-4-2-3-5-16(15)22-17/h2-9,14H,10-11H2,1H3,(H,19,20). The summed E-state index contributed by atoms with van der Waals surface area (Å²) in [6, 6.07) is 16.0. The molecule has 0 radical (unpaired) electrons. The number of oxazole rings is 1. The number of halogens is 1. The van der Waals surface area contributed by atoms with Crippen molar-refractivity contribution in [1.82, 2.24) is 4.98 Å². The summed E-state index contributed by atoms with van der Waals surface area (Å²) in [6.07, 6.45) is 0.802. The van der Waals surface area contributed by atoms with Crippen LogP contribution in [-0.2, 0) is 4.74 Å². The van der Waals surface area contributed by atoms with E-state index in [-0.39, 0.29) is 6.04 Å². The number of methoxy groups -OCH3 is 1. The molecule has 0 fully saturated rings. The van der Waals surface area contributed by atoms with E-state index < -0.39 is 0 Å². The lowest BCUT2D eigenvalue weighted by molar-refractivity contribution is 0.190. The van der Waals surface area contributed by atoms with Crippen molar-refractivity contribution >= 4 is 28.7 Å². The van der Waals surface area contributed by atoms with Crippen LogP contribution >= 0.6 is 11.6 Å². The van der Waals surface area contributed by atoms with Crippen molar-refractivity contribution < 1.29 is 9.15 Å². The first-order chi connectivity index (χ1) is 10.8. The van der Waals surface area contributed by atoms with E-state index in [1.165, 1.54) is 0 Å². The van der Waals surface area contributed by atoms with Gasteiger partial charge in [0, 0.05) is 18.7 Å². The summed E-state index contributed by atoms with van der Waals surface area (Å²) < 4.78 is 10.9. The summed E-state index contributed by atoms with van der Waals surface area (Å²) in [5, 5.41) is 4.06. The fourth-order valence-electron chi connectivity index (χ4n) is 2.34. The van der Waals surface area contributed by atoms with Gasteiger partial charge in [0.2, 0.25) is 0 Å². The molecule has 22 heavy (non-hydrogen) atoms. The van der Waals surface area contributed by atoms with Gasteiger partial charge in [-0.25, -0.2) is 0 Å². The highest BCUT2D eigenvalue weighted by Crippen LogP contribution is 2.26. The Labute approximate surface area is 134 Å². The second-order valence-electron chi connectivity index (χ2n) is 5.02. The summed E-state index contributed by atoms with van der Waals surface area (Å²) in [5.74, 6) is 0. The minimum absolute atomic E-state index is 0.0466. The first-order valence-corrected chi connectivity index (χ1v) is 7.50. The number of nitrogens with zero attached hydrogens (tertiary/aromatic N) is 1. The fourth-order valence-corrected chi connectivity index (χ4v) is 2.46. The summed E-state index contributed by atoms with van der Waals surface area (Å²) in [6.45, 7) is 0.639. The van der Waals surface area contributed by atoms with Gasteiger partial charge in [-0.05, 0) is 36.2 Å². The average molecular weight is 317 g/mol. The first kappa shape index (κ1) is 14.9. The highest BCUT2D eigenvalue weighted by Gasteiger charge is 2.14. The van der Waals surface area contributed by atoms with Crippen LogP contribution in [0.1, 0.15) is 18.0 Å². The number of nitrogens with one attached hydrogen (secondary N) is 1. The SMILES string of the molecule is COCCC(Nc1nc2ccccc2o1)c1ccc(Cl)cc1. The monoisotopic (exact) mass is 316 g/mol. The van der Waals surface area contributed by atoms with Crippen LogP contribution in [0.25, 0.3) is 11.1 Å². The Balaban J connectivity index is 1.83. The summed E-state index contributed by atoms with van der Waals surface area (Å²) in [4.78, 5) is 4.46. The molecule has 1 N–H and O–H groups in total. The van der Waals surface area contributed by atoms with E-state index in [0.29, 0.717) is 12.6 Å². The summed E-state index contributed by atoms with van der Waals surface area (Å²) in [7, 11) is 1.69. The van der Waals surface area contributed by atoms with Crippen LogP contribution in [0.3, 0.4) is 0 Å². The predicted molar refractivity (Wildman–Crippen MR) is 88.3 cm³/mol. The third-order valence-corrected chi connectivity index (χ3v) is 3.73. The molecule has 114 valence electrons. The van der Waals surface area contributed by atoms with Gasteiger partial charge in [-0.15, -0.1) is 0 Å². The van der Waals surface area contributed by atoms with E-state index in [4.69, 9.17) is 20.8 Å². The van der Waals surface area contributed by atoms with Crippen LogP contribution < -0.4 is 5.32 Å². The zero-order valence-corrected chi connectivity index (χ0v) is 13.0. The lowest BCUT2D eigenvalue weighted by Gasteiger charge is -2.17. The molecule has 0 aliphatic carbocycles. The van der Waals surface area contributed by atoms with Crippen LogP contribution in [0.5, 0.6) is 0 Å². The predicted octanol–water partition coefficient (Wildman–Crippen LogP) is 4.67. The van der Waals surface area contributed by atoms with Crippen LogP contribution in [0.15, 0.2) is 52.9 Å². The maximum Gasteiger partial charge on any atom is 0.296 e. The summed E-state index contributed by atoms with van der Waals surface area (Å²) in [5.41, 5.74) is 2.72. The van der Waals surface area contributed by atoms with Gasteiger partial charge >= 0.3 is 0 Å². The van der Waals surface area contributed by atoms with E-state index in [1.807, 2.05) is 48.5 Å². The molecule has 3 rings (SSSR count). The molecule has 4 nitrogen and oxygen atoms in total. The van der Waals surface area contributed by atoms with Gasteiger partial charge in [-0.3, -0.25) is 0 Å². The molecule has 0 saturated heterocycles. The second-order valence-corrected chi connectivity index (χ2v) is 5.45. The molecule has 3 aromatic rings. The first-order valence-electron chi connectivity index (χ1n) is 7.13. The molecule has 1 aromatic heterocycles. The number of ether oxygens (including phenoxy) is 1. The highest BCUT2D eigenvalue weighted by molar-refractivity contribution is 6.30. The maximum atomic E-state index is 5.96.